The summed E-state index contributed by atoms with van der Waals surface area (Å²) in [5.41, 5.74) is 24.4. The van der Waals surface area contributed by atoms with Crippen LogP contribution in [0, 0.1) is 27.7 Å². The third-order valence-corrected chi connectivity index (χ3v) is 15.6. The normalized spacial score (nSPS) is 14.5. The molecule has 0 unspecified atom stereocenters. The van der Waals surface area contributed by atoms with E-state index >= 15 is 0 Å². The molecule has 0 spiro atoms. The summed E-state index contributed by atoms with van der Waals surface area (Å²) >= 11 is 2.06. The fourth-order valence-corrected chi connectivity index (χ4v) is 12.8. The van der Waals surface area contributed by atoms with Crippen LogP contribution < -0.4 is 19.2 Å². The predicted molar refractivity (Wildman–Crippen MR) is 247 cm³/mol. The Balaban J connectivity index is 1.16. The van der Waals surface area contributed by atoms with E-state index in [0.29, 0.717) is 11.8 Å². The van der Waals surface area contributed by atoms with E-state index in [4.69, 9.17) is 0 Å². The van der Waals surface area contributed by atoms with Gasteiger partial charge in [-0.25, -0.2) is 0 Å². The van der Waals surface area contributed by atoms with Gasteiger partial charge in [0, 0.05) is 75.8 Å². The molecular formula is C50H42B2N4S. The van der Waals surface area contributed by atoms with Crippen LogP contribution in [-0.2, 0) is 0 Å². The fraction of sp³-hybridized carbons (Fsp3) is 0.200. The molecule has 274 valence electrons. The minimum atomic E-state index is 0.00973. The molecule has 6 aromatic carbocycles. The molecule has 4 aliphatic heterocycles. The highest BCUT2D eigenvalue weighted by Crippen LogP contribution is 2.56. The summed E-state index contributed by atoms with van der Waals surface area (Å²) in [6.07, 6.45) is 0. The minimum absolute atomic E-state index is 0.00973. The average Bonchev–Trinajstić information content (AvgIpc) is 4.00. The highest BCUT2D eigenvalue weighted by Gasteiger charge is 2.53. The van der Waals surface area contributed by atoms with Crippen molar-refractivity contribution in [2.24, 2.45) is 0 Å². The molecule has 13 rings (SSSR count). The first kappa shape index (κ1) is 32.4. The van der Waals surface area contributed by atoms with Crippen LogP contribution in [-0.4, -0.2) is 22.9 Å². The molecule has 7 heterocycles. The number of anilines is 4. The number of aryl methyl sites for hydroxylation is 4. The molecule has 9 aromatic rings. The zero-order chi connectivity index (χ0) is 38.5. The second-order valence-corrected chi connectivity index (χ2v) is 18.9. The molecule has 0 fully saturated rings. The van der Waals surface area contributed by atoms with Crippen molar-refractivity contribution < 1.29 is 0 Å². The topological polar surface area (TPSA) is 16.3 Å². The molecule has 0 radical (unpaired) electrons. The van der Waals surface area contributed by atoms with E-state index in [-0.39, 0.29) is 14.0 Å². The fourth-order valence-electron chi connectivity index (χ4n) is 11.3. The number of benzene rings is 6. The van der Waals surface area contributed by atoms with Crippen molar-refractivity contribution >= 4 is 101 Å². The summed E-state index contributed by atoms with van der Waals surface area (Å²) in [5, 5.41) is 5.59. The second kappa shape index (κ2) is 10.6. The van der Waals surface area contributed by atoms with Gasteiger partial charge in [0.15, 0.2) is 0 Å². The second-order valence-electron chi connectivity index (χ2n) is 17.8. The number of fused-ring (bicyclic) bond motifs is 23. The van der Waals surface area contributed by atoms with Gasteiger partial charge < -0.3 is 18.6 Å². The molecule has 57 heavy (non-hydrogen) atoms. The van der Waals surface area contributed by atoms with Crippen molar-refractivity contribution in [1.82, 2.24) is 8.96 Å². The maximum Gasteiger partial charge on any atom is 0.431 e. The molecule has 0 atom stereocenters. The number of thiophene rings is 1. The van der Waals surface area contributed by atoms with Crippen LogP contribution in [0.15, 0.2) is 97.1 Å². The first-order chi connectivity index (χ1) is 27.6. The summed E-state index contributed by atoms with van der Waals surface area (Å²) in [4.78, 5) is 5.36. The van der Waals surface area contributed by atoms with E-state index in [1.54, 1.807) is 0 Å². The van der Waals surface area contributed by atoms with Gasteiger partial charge in [0.1, 0.15) is 0 Å². The molecule has 0 saturated carbocycles. The lowest BCUT2D eigenvalue weighted by Crippen LogP contribution is -2.51. The number of nitrogens with zero attached hydrogens (tertiary/aromatic N) is 4. The Morgan fingerprint density at radius 1 is 0.491 bits per heavy atom. The van der Waals surface area contributed by atoms with Crippen molar-refractivity contribution in [3.05, 3.63) is 130 Å². The maximum atomic E-state index is 2.71. The van der Waals surface area contributed by atoms with Gasteiger partial charge in [0.2, 0.25) is 0 Å². The Hall–Kier alpha value is -5.65. The average molecular weight is 753 g/mol. The maximum absolute atomic E-state index is 2.71. The van der Waals surface area contributed by atoms with E-state index in [2.05, 4.69) is 182 Å². The van der Waals surface area contributed by atoms with Crippen molar-refractivity contribution in [3.8, 4) is 22.3 Å². The lowest BCUT2D eigenvalue weighted by molar-refractivity contribution is 0.868. The number of para-hydroxylation sites is 2. The van der Waals surface area contributed by atoms with Gasteiger partial charge in [-0.05, 0) is 121 Å². The molecule has 0 N–H and O–H groups in total. The highest BCUT2D eigenvalue weighted by molar-refractivity contribution is 7.34. The zero-order valence-corrected chi connectivity index (χ0v) is 34.6. The smallest absolute Gasteiger partial charge is 0.359 e. The van der Waals surface area contributed by atoms with E-state index in [0.717, 1.165) is 0 Å². The quantitative estimate of drug-likeness (QED) is 0.164. The summed E-state index contributed by atoms with van der Waals surface area (Å²) in [5.74, 6) is 0.932. The van der Waals surface area contributed by atoms with Crippen molar-refractivity contribution in [3.63, 3.8) is 0 Å². The number of rotatable bonds is 2. The Morgan fingerprint density at radius 3 is 1.33 bits per heavy atom. The highest BCUT2D eigenvalue weighted by atomic mass is 32.1. The number of hydrogen-bond acceptors (Lipinski definition) is 3. The monoisotopic (exact) mass is 752 g/mol. The summed E-state index contributed by atoms with van der Waals surface area (Å²) in [6, 6.07) is 38.0. The van der Waals surface area contributed by atoms with Crippen LogP contribution >= 0.6 is 11.3 Å². The SMILES string of the molecule is Cc1cc2c3c(c1C)c1cc(C(C)C)ccc1n3B1c3sc4c(c3-c3ccccc3N12)-c1ccccc1N1B4n2c3ccc(C(C)C)cc3c3c(C)c(C)cc1c32. The van der Waals surface area contributed by atoms with Crippen LogP contribution in [0.4, 0.5) is 22.7 Å². The third kappa shape index (κ3) is 3.70. The van der Waals surface area contributed by atoms with Crippen LogP contribution in [0.3, 0.4) is 0 Å². The Bertz CT molecular complexity index is 3120. The van der Waals surface area contributed by atoms with Gasteiger partial charge in [-0.3, -0.25) is 0 Å². The van der Waals surface area contributed by atoms with Gasteiger partial charge in [0.05, 0.1) is 22.4 Å². The van der Waals surface area contributed by atoms with E-state index in [1.807, 2.05) is 0 Å². The van der Waals surface area contributed by atoms with Gasteiger partial charge in [-0.1, -0.05) is 76.2 Å². The Kier molecular flexibility index (Phi) is 6.06. The first-order valence-electron chi connectivity index (χ1n) is 20.7. The Morgan fingerprint density at radius 2 is 0.912 bits per heavy atom. The van der Waals surface area contributed by atoms with E-state index in [9.17, 15) is 0 Å². The van der Waals surface area contributed by atoms with Gasteiger partial charge in [-0.2, -0.15) is 11.3 Å². The molecule has 7 heteroatoms. The van der Waals surface area contributed by atoms with Crippen molar-refractivity contribution in [2.45, 2.75) is 67.2 Å². The van der Waals surface area contributed by atoms with Crippen LogP contribution in [0.2, 0.25) is 0 Å². The molecule has 4 nitrogen and oxygen atoms in total. The standard InChI is InChI=1S/C50H42B2N4S/c1-25(2)31-17-19-39-35(23-31)43-29(7)27(5)21-41-47(43)55(39)51-49-45(33-13-9-11-15-37(33)53(41)51)46-34-14-10-12-16-38(34)54-42-22-28(6)30(8)44-36-24-32(26(3)4)18-20-40(36)56(48(42)44)52(54)50(46)57-49/h9-26H,1-8H3. The Labute approximate surface area is 338 Å². The summed E-state index contributed by atoms with van der Waals surface area (Å²) < 4.78 is 8.30. The largest absolute Gasteiger partial charge is 0.431 e. The van der Waals surface area contributed by atoms with Crippen LogP contribution in [0.5, 0.6) is 0 Å². The molecule has 0 bridgehead atoms. The lowest BCUT2D eigenvalue weighted by atomic mass is 9.61. The van der Waals surface area contributed by atoms with Crippen molar-refractivity contribution in [2.75, 3.05) is 9.62 Å². The summed E-state index contributed by atoms with van der Waals surface area (Å²) in [6.45, 7) is 18.5. The van der Waals surface area contributed by atoms with Gasteiger partial charge in [0.25, 0.3) is 0 Å². The predicted octanol–water partition coefficient (Wildman–Crippen LogP) is 12.2. The van der Waals surface area contributed by atoms with E-state index in [1.165, 1.54) is 132 Å². The summed E-state index contributed by atoms with van der Waals surface area (Å²) in [7, 11) is 0. The minimum Gasteiger partial charge on any atom is -0.359 e. The zero-order valence-electron chi connectivity index (χ0n) is 33.7. The molecule has 3 aromatic heterocycles. The number of aromatic nitrogens is 2. The molecular weight excluding hydrogens is 710 g/mol. The molecule has 0 amide bonds. The van der Waals surface area contributed by atoms with Gasteiger partial charge in [-0.15, -0.1) is 0 Å². The molecule has 4 aliphatic rings. The third-order valence-electron chi connectivity index (χ3n) is 14.3. The van der Waals surface area contributed by atoms with Crippen LogP contribution in [0.25, 0.3) is 65.9 Å². The molecule has 0 aliphatic carbocycles. The van der Waals surface area contributed by atoms with Gasteiger partial charge >= 0.3 is 14.0 Å². The van der Waals surface area contributed by atoms with E-state index < -0.39 is 0 Å². The molecule has 0 saturated heterocycles. The lowest BCUT2D eigenvalue weighted by Gasteiger charge is -2.35. The first-order valence-corrected chi connectivity index (χ1v) is 21.5. The van der Waals surface area contributed by atoms with Crippen molar-refractivity contribution in [1.29, 1.82) is 0 Å². The van der Waals surface area contributed by atoms with Crippen LogP contribution in [0.1, 0.15) is 72.9 Å². The number of hydrogen-bond donors (Lipinski definition) is 0.